The van der Waals surface area contributed by atoms with E-state index in [0.717, 1.165) is 76.8 Å². The van der Waals surface area contributed by atoms with Crippen molar-refractivity contribution in [2.45, 2.75) is 0 Å². The van der Waals surface area contributed by atoms with Crippen molar-refractivity contribution in [3.8, 4) is 17.1 Å². The molecule has 0 saturated heterocycles. The van der Waals surface area contributed by atoms with Gasteiger partial charge in [-0.2, -0.15) is 0 Å². The van der Waals surface area contributed by atoms with Gasteiger partial charge in [0.05, 0.1) is 67.0 Å². The van der Waals surface area contributed by atoms with Crippen molar-refractivity contribution in [2.75, 3.05) is 4.90 Å². The quantitative estimate of drug-likeness (QED) is 0.170. The van der Waals surface area contributed by atoms with Crippen LogP contribution in [0.5, 0.6) is 0 Å². The molecule has 0 N–H and O–H groups in total. The van der Waals surface area contributed by atoms with Crippen LogP contribution in [0.4, 0.5) is 5.69 Å². The molecule has 1 aliphatic rings. The summed E-state index contributed by atoms with van der Waals surface area (Å²) in [5.41, 5.74) is 10.1. The van der Waals surface area contributed by atoms with Crippen LogP contribution < -0.4 is 4.90 Å². The summed E-state index contributed by atoms with van der Waals surface area (Å²) >= 11 is 0. The number of fused-ring (bicyclic) bond motifs is 10. The van der Waals surface area contributed by atoms with Gasteiger partial charge in [0, 0.05) is 32.3 Å². The molecule has 262 valence electrons. The average Bonchev–Trinajstić information content (AvgIpc) is 3.96. The number of aromatic nitrogens is 3. The van der Waals surface area contributed by atoms with Crippen molar-refractivity contribution in [3.63, 3.8) is 0 Å². The molecule has 56 heavy (non-hydrogen) atoms. The molecular formula is C50H30N4O2. The van der Waals surface area contributed by atoms with Crippen LogP contribution in [0.3, 0.4) is 0 Å². The first-order valence-electron chi connectivity index (χ1n) is 18.8. The Hall–Kier alpha value is -7.70. The maximum atomic E-state index is 14.8. The van der Waals surface area contributed by atoms with Crippen molar-refractivity contribution in [2.24, 2.45) is 0 Å². The van der Waals surface area contributed by atoms with Gasteiger partial charge in [-0.15, -0.1) is 0 Å². The van der Waals surface area contributed by atoms with Crippen LogP contribution in [0.25, 0.3) is 82.5 Å². The van der Waals surface area contributed by atoms with Crippen LogP contribution >= 0.6 is 0 Å². The van der Waals surface area contributed by atoms with E-state index in [1.165, 1.54) is 4.90 Å². The number of hydrogen-bond acceptors (Lipinski definition) is 2. The monoisotopic (exact) mass is 718 g/mol. The number of anilines is 1. The molecule has 3 aromatic heterocycles. The maximum absolute atomic E-state index is 14.8. The fourth-order valence-corrected chi connectivity index (χ4v) is 9.31. The standard InChI is InChI=1S/C50H30N4O2/c55-49-38-23-14-28-43(46(38)50(56)51(49)31-15-2-1-3-16-31)54-47-36(21-12-29-44(47)52-39-24-8-4-17-32(39)33-18-5-9-25-40(33)52)37-22-13-30-45(48(37)54)53-41-26-10-6-19-34(41)35-20-7-11-27-42(35)53/h1-30H. The number of carbonyl (C=O) groups excluding carboxylic acids is 2. The summed E-state index contributed by atoms with van der Waals surface area (Å²) in [6.07, 6.45) is 0. The lowest BCUT2D eigenvalue weighted by Crippen LogP contribution is -2.29. The highest BCUT2D eigenvalue weighted by molar-refractivity contribution is 6.36. The molecule has 2 amide bonds. The largest absolute Gasteiger partial charge is 0.307 e. The smallest absolute Gasteiger partial charge is 0.268 e. The third-order valence-corrected chi connectivity index (χ3v) is 11.6. The molecule has 0 fully saturated rings. The molecule has 0 bridgehead atoms. The minimum atomic E-state index is -0.342. The van der Waals surface area contributed by atoms with E-state index < -0.39 is 0 Å². The first-order valence-corrected chi connectivity index (χ1v) is 18.8. The molecular weight excluding hydrogens is 689 g/mol. The zero-order valence-electron chi connectivity index (χ0n) is 29.9. The van der Waals surface area contributed by atoms with Crippen molar-refractivity contribution < 1.29 is 9.59 Å². The molecule has 0 radical (unpaired) electrons. The van der Waals surface area contributed by atoms with Crippen molar-refractivity contribution in [3.05, 3.63) is 193 Å². The van der Waals surface area contributed by atoms with Crippen LogP contribution in [0, 0.1) is 0 Å². The van der Waals surface area contributed by atoms with E-state index in [2.05, 4.69) is 147 Å². The molecule has 0 saturated carbocycles. The predicted octanol–water partition coefficient (Wildman–Crippen LogP) is 11.8. The predicted molar refractivity (Wildman–Crippen MR) is 227 cm³/mol. The number of rotatable bonds is 4. The number of benzene rings is 8. The minimum Gasteiger partial charge on any atom is -0.307 e. The van der Waals surface area contributed by atoms with E-state index in [9.17, 15) is 9.59 Å². The van der Waals surface area contributed by atoms with Crippen LogP contribution in [0.15, 0.2) is 182 Å². The molecule has 0 atom stereocenters. The van der Waals surface area contributed by atoms with Gasteiger partial charge >= 0.3 is 0 Å². The summed E-state index contributed by atoms with van der Waals surface area (Å²) in [5.74, 6) is -0.672. The van der Waals surface area contributed by atoms with Gasteiger partial charge in [0.2, 0.25) is 0 Å². The zero-order valence-corrected chi connectivity index (χ0v) is 29.9. The van der Waals surface area contributed by atoms with Crippen LogP contribution in [-0.2, 0) is 0 Å². The van der Waals surface area contributed by atoms with E-state index in [1.807, 2.05) is 42.5 Å². The molecule has 1 aliphatic heterocycles. The van der Waals surface area contributed by atoms with Gasteiger partial charge < -0.3 is 13.7 Å². The summed E-state index contributed by atoms with van der Waals surface area (Å²) < 4.78 is 6.94. The fraction of sp³-hybridized carbons (Fsp3) is 0. The topological polar surface area (TPSA) is 52.2 Å². The normalized spacial score (nSPS) is 13.0. The first-order chi connectivity index (χ1) is 27.7. The second-order valence-corrected chi connectivity index (χ2v) is 14.4. The van der Waals surface area contributed by atoms with E-state index in [1.54, 1.807) is 6.07 Å². The van der Waals surface area contributed by atoms with Gasteiger partial charge in [0.1, 0.15) is 0 Å². The van der Waals surface area contributed by atoms with Gasteiger partial charge in [-0.05, 0) is 60.7 Å². The third kappa shape index (κ3) is 3.99. The van der Waals surface area contributed by atoms with Gasteiger partial charge in [-0.1, -0.05) is 121 Å². The number of amides is 2. The first kappa shape index (κ1) is 30.7. The van der Waals surface area contributed by atoms with E-state index in [4.69, 9.17) is 0 Å². The highest BCUT2D eigenvalue weighted by Crippen LogP contribution is 2.44. The summed E-state index contributed by atoms with van der Waals surface area (Å²) in [4.78, 5) is 30.4. The van der Waals surface area contributed by atoms with E-state index in [-0.39, 0.29) is 11.8 Å². The van der Waals surface area contributed by atoms with Crippen LogP contribution in [-0.4, -0.2) is 25.5 Å². The Morgan fingerprint density at radius 2 is 0.696 bits per heavy atom. The third-order valence-electron chi connectivity index (χ3n) is 11.6. The summed E-state index contributed by atoms with van der Waals surface area (Å²) in [6.45, 7) is 0. The molecule has 0 spiro atoms. The average molecular weight is 719 g/mol. The fourth-order valence-electron chi connectivity index (χ4n) is 9.31. The molecule has 8 aromatic carbocycles. The SMILES string of the molecule is O=C1c2cccc(-n3c4c(-n5c6ccccc6c6ccccc65)cccc4c4cccc(-n5c6ccccc6c6ccccc65)c43)c2C(=O)N1c1ccccc1. The summed E-state index contributed by atoms with van der Waals surface area (Å²) in [5, 5.41) is 6.72. The lowest BCUT2D eigenvalue weighted by molar-refractivity contribution is 0.0926. The second kappa shape index (κ2) is 11.4. The van der Waals surface area contributed by atoms with Gasteiger partial charge in [-0.3, -0.25) is 9.59 Å². The Morgan fingerprint density at radius 1 is 0.304 bits per heavy atom. The molecule has 6 heteroatoms. The zero-order chi connectivity index (χ0) is 37.1. The van der Waals surface area contributed by atoms with Gasteiger partial charge in [0.15, 0.2) is 0 Å². The number of imide groups is 1. The highest BCUT2D eigenvalue weighted by atomic mass is 16.2. The van der Waals surface area contributed by atoms with Crippen molar-refractivity contribution >= 4 is 82.9 Å². The van der Waals surface area contributed by atoms with Crippen molar-refractivity contribution in [1.29, 1.82) is 0 Å². The van der Waals surface area contributed by atoms with Crippen molar-refractivity contribution in [1.82, 2.24) is 13.7 Å². The summed E-state index contributed by atoms with van der Waals surface area (Å²) in [6, 6.07) is 61.9. The lowest BCUT2D eigenvalue weighted by atomic mass is 10.1. The Bertz CT molecular complexity index is 3200. The minimum absolute atomic E-state index is 0.330. The molecule has 0 unspecified atom stereocenters. The number of nitrogens with zero attached hydrogens (tertiary/aromatic N) is 4. The molecule has 4 heterocycles. The van der Waals surface area contributed by atoms with E-state index >= 15 is 0 Å². The molecule has 11 aromatic rings. The number of carbonyl (C=O) groups is 2. The molecule has 12 rings (SSSR count). The van der Waals surface area contributed by atoms with Gasteiger partial charge in [0.25, 0.3) is 11.8 Å². The van der Waals surface area contributed by atoms with Crippen LogP contribution in [0.1, 0.15) is 20.7 Å². The Kier molecular flexibility index (Phi) is 6.26. The Labute approximate surface area is 320 Å². The number of hydrogen-bond donors (Lipinski definition) is 0. The Balaban J connectivity index is 1.28. The van der Waals surface area contributed by atoms with E-state index in [0.29, 0.717) is 22.5 Å². The Morgan fingerprint density at radius 3 is 1.18 bits per heavy atom. The van der Waals surface area contributed by atoms with Gasteiger partial charge in [-0.25, -0.2) is 4.90 Å². The number of para-hydroxylation sites is 7. The summed E-state index contributed by atoms with van der Waals surface area (Å²) in [7, 11) is 0. The van der Waals surface area contributed by atoms with Crippen LogP contribution in [0.2, 0.25) is 0 Å². The molecule has 6 nitrogen and oxygen atoms in total. The maximum Gasteiger partial charge on any atom is 0.268 e. The highest BCUT2D eigenvalue weighted by Gasteiger charge is 2.39. The molecule has 0 aliphatic carbocycles. The lowest BCUT2D eigenvalue weighted by Gasteiger charge is -2.18. The second-order valence-electron chi connectivity index (χ2n) is 14.4.